The number of ether oxygens (including phenoxy) is 2. The Bertz CT molecular complexity index is 515. The topological polar surface area (TPSA) is 77.1 Å². The molecule has 1 radical (unpaired) electrons. The Kier molecular flexibility index (Phi) is 25.0. The van der Waals surface area contributed by atoms with E-state index in [0.29, 0.717) is 19.8 Å². The van der Waals surface area contributed by atoms with Crippen LogP contribution in [-0.2, 0) is 23.1 Å². The zero-order chi connectivity index (χ0) is 27.0. The second-order valence-electron chi connectivity index (χ2n) is 11.3. The van der Waals surface area contributed by atoms with E-state index >= 15 is 0 Å². The minimum absolute atomic E-state index is 0.0310. The maximum atomic E-state index is 12.0. The van der Waals surface area contributed by atoms with E-state index in [-0.39, 0.29) is 19.1 Å². The molecule has 0 aliphatic heterocycles. The summed E-state index contributed by atoms with van der Waals surface area (Å²) < 4.78 is 33.1. The summed E-state index contributed by atoms with van der Waals surface area (Å²) in [6.45, 7) is 4.05. The first-order valence-corrected chi connectivity index (χ1v) is 23.1. The molecule has 0 aliphatic rings. The monoisotopic (exact) mass is 598 g/mol. The summed E-state index contributed by atoms with van der Waals surface area (Å²) in [5, 5.41) is 0.817. The molecule has 2 unspecified atom stereocenters. The van der Waals surface area contributed by atoms with Crippen molar-refractivity contribution in [3.8, 4) is 0 Å². The fourth-order valence-electron chi connectivity index (χ4n) is 4.04. The molecule has 0 aliphatic carbocycles. The molecule has 6 nitrogen and oxygen atoms in total. The molecule has 0 spiro atoms. The Hall–Kier alpha value is 0.588. The molecule has 36 heavy (non-hydrogen) atoms. The normalized spacial score (nSPS) is 14.7. The summed E-state index contributed by atoms with van der Waals surface area (Å²) in [5.41, 5.74) is 6.64. The molecule has 0 heterocycles. The standard InChI is InChI=1S/C28H61AsO6P/c1-6-7-8-9-10-11-12-13-14-15-16-17-18-19-20-21-23-33-26-28(25-32-5)27-35-36(30,31)34-24-22-29(2,3)4/h28H,6-27H2,1-5H3,(H,30,31)/p-1. The summed E-state index contributed by atoms with van der Waals surface area (Å²) in [7, 11) is -2.67. The molecule has 0 saturated carbocycles. The second-order valence-corrected chi connectivity index (χ2v) is 23.2. The van der Waals surface area contributed by atoms with Gasteiger partial charge in [0.25, 0.3) is 0 Å². The average molecular weight is 599 g/mol. The Morgan fingerprint density at radius 1 is 0.667 bits per heavy atom. The third kappa shape index (κ3) is 27.6. The van der Waals surface area contributed by atoms with Crippen LogP contribution >= 0.6 is 7.82 Å². The second kappa shape index (κ2) is 24.6. The van der Waals surface area contributed by atoms with Crippen LogP contribution in [0.15, 0.2) is 0 Å². The number of hydrogen-bond acceptors (Lipinski definition) is 6. The molecule has 0 aromatic heterocycles. The zero-order valence-electron chi connectivity index (χ0n) is 24.5. The fourth-order valence-corrected chi connectivity index (χ4v) is 6.48. The van der Waals surface area contributed by atoms with Crippen LogP contribution in [0.5, 0.6) is 0 Å². The van der Waals surface area contributed by atoms with Crippen molar-refractivity contribution in [1.29, 1.82) is 0 Å². The van der Waals surface area contributed by atoms with Gasteiger partial charge in [-0.05, 0) is 0 Å². The van der Waals surface area contributed by atoms with Crippen molar-refractivity contribution in [1.82, 2.24) is 0 Å². The summed E-state index contributed by atoms with van der Waals surface area (Å²) in [4.78, 5) is 12.0. The number of hydrogen-bond donors (Lipinski definition) is 0. The molecular formula is C28H60AsO6P-. The SMILES string of the molecule is CCCCCCCCCCCCCCCCCCOCC(COC)COP(=O)([O-])OCC[As](C)(C)C. The van der Waals surface area contributed by atoms with Gasteiger partial charge in [0, 0.05) is 0 Å². The van der Waals surface area contributed by atoms with Crippen LogP contribution in [0.4, 0.5) is 0 Å². The number of unbranched alkanes of at least 4 members (excludes halogenated alkanes) is 15. The number of rotatable bonds is 28. The van der Waals surface area contributed by atoms with Crippen LogP contribution in [0.25, 0.3) is 0 Å². The van der Waals surface area contributed by atoms with Gasteiger partial charge in [0.05, 0.1) is 0 Å². The van der Waals surface area contributed by atoms with Crippen molar-refractivity contribution < 1.29 is 28.0 Å². The van der Waals surface area contributed by atoms with Gasteiger partial charge in [-0.15, -0.1) is 0 Å². The van der Waals surface area contributed by atoms with Crippen molar-refractivity contribution >= 4 is 21.4 Å². The van der Waals surface area contributed by atoms with Gasteiger partial charge in [-0.2, -0.15) is 0 Å². The first kappa shape index (κ1) is 36.6. The van der Waals surface area contributed by atoms with Crippen molar-refractivity contribution in [2.45, 2.75) is 132 Å². The van der Waals surface area contributed by atoms with Crippen LogP contribution in [0, 0.1) is 5.92 Å². The van der Waals surface area contributed by atoms with Gasteiger partial charge in [0.1, 0.15) is 0 Å². The molecule has 0 bridgehead atoms. The third-order valence-electron chi connectivity index (χ3n) is 6.38. The Balaban J connectivity index is 3.59. The van der Waals surface area contributed by atoms with E-state index in [0.717, 1.165) is 11.6 Å². The van der Waals surface area contributed by atoms with E-state index in [1.54, 1.807) is 7.11 Å². The number of methoxy groups -OCH3 is 1. The van der Waals surface area contributed by atoms with E-state index in [4.69, 9.17) is 18.5 Å². The van der Waals surface area contributed by atoms with Gasteiger partial charge in [0.15, 0.2) is 0 Å². The van der Waals surface area contributed by atoms with Crippen molar-refractivity contribution in [3.63, 3.8) is 0 Å². The Labute approximate surface area is 227 Å². The van der Waals surface area contributed by atoms with E-state index in [2.05, 4.69) is 24.1 Å². The number of phosphoric ester groups is 1. The Morgan fingerprint density at radius 3 is 1.58 bits per heavy atom. The van der Waals surface area contributed by atoms with Crippen LogP contribution in [-0.4, -0.2) is 53.7 Å². The van der Waals surface area contributed by atoms with E-state index in [1.807, 2.05) is 0 Å². The van der Waals surface area contributed by atoms with Gasteiger partial charge in [-0.25, -0.2) is 0 Å². The van der Waals surface area contributed by atoms with Gasteiger partial charge >= 0.3 is 131 Å². The summed E-state index contributed by atoms with van der Waals surface area (Å²) in [6.07, 6.45) is 21.6. The molecule has 0 fully saturated rings. The van der Waals surface area contributed by atoms with E-state index in [9.17, 15) is 9.46 Å². The first-order valence-electron chi connectivity index (χ1n) is 14.7. The molecule has 219 valence electrons. The molecule has 0 aromatic carbocycles. The Morgan fingerprint density at radius 2 is 1.14 bits per heavy atom. The van der Waals surface area contributed by atoms with Gasteiger partial charge in [-0.1, -0.05) is 96.8 Å². The minimum atomic E-state index is -4.27. The van der Waals surface area contributed by atoms with Crippen LogP contribution in [0.2, 0.25) is 22.3 Å². The maximum absolute atomic E-state index is 12.0. The molecular weight excluding hydrogens is 538 g/mol. The van der Waals surface area contributed by atoms with E-state index < -0.39 is 21.4 Å². The predicted octanol–water partition coefficient (Wildman–Crippen LogP) is 8.37. The van der Waals surface area contributed by atoms with Crippen molar-refractivity contribution in [2.75, 3.05) is 40.1 Å². The van der Waals surface area contributed by atoms with Crippen molar-refractivity contribution in [3.05, 3.63) is 0 Å². The van der Waals surface area contributed by atoms with Gasteiger partial charge < -0.3 is 0 Å². The summed E-state index contributed by atoms with van der Waals surface area (Å²) in [6, 6.07) is 0. The van der Waals surface area contributed by atoms with Crippen molar-refractivity contribution in [2.24, 2.45) is 5.92 Å². The van der Waals surface area contributed by atoms with Gasteiger partial charge in [-0.3, -0.25) is 0 Å². The molecule has 0 saturated heterocycles. The average Bonchev–Trinajstić information content (AvgIpc) is 2.80. The first-order chi connectivity index (χ1) is 17.2. The predicted molar refractivity (Wildman–Crippen MR) is 153 cm³/mol. The molecule has 8 heteroatoms. The van der Waals surface area contributed by atoms with Crippen LogP contribution < -0.4 is 4.89 Å². The molecule has 0 amide bonds. The summed E-state index contributed by atoms with van der Waals surface area (Å²) >= 11 is -1.67. The molecule has 0 rings (SSSR count). The van der Waals surface area contributed by atoms with Gasteiger partial charge in [0.2, 0.25) is 0 Å². The van der Waals surface area contributed by atoms with Crippen LogP contribution in [0.3, 0.4) is 0 Å². The summed E-state index contributed by atoms with van der Waals surface area (Å²) in [5.74, 6) is -0.124. The third-order valence-corrected chi connectivity index (χ3v) is 10.5. The zero-order valence-corrected chi connectivity index (χ0v) is 27.2. The molecule has 2 atom stereocenters. The molecule has 0 aromatic rings. The van der Waals surface area contributed by atoms with Crippen LogP contribution in [0.1, 0.15) is 110 Å². The quantitative estimate of drug-likeness (QED) is 0.0512. The number of phosphoric acid groups is 1. The fraction of sp³-hybridized carbons (Fsp3) is 1.00. The molecule has 0 N–H and O–H groups in total. The van der Waals surface area contributed by atoms with E-state index in [1.165, 1.54) is 96.3 Å².